The summed E-state index contributed by atoms with van der Waals surface area (Å²) in [7, 11) is 0. The monoisotopic (exact) mass is 1120 g/mol. The lowest BCUT2D eigenvalue weighted by Gasteiger charge is -2.24. The van der Waals surface area contributed by atoms with E-state index in [1.807, 2.05) is 0 Å². The molecule has 15 rings (SSSR count). The van der Waals surface area contributed by atoms with E-state index in [4.69, 9.17) is 0 Å². The molecule has 0 radical (unpaired) electrons. The highest BCUT2D eigenvalue weighted by Crippen LogP contribution is 2.52. The summed E-state index contributed by atoms with van der Waals surface area (Å²) >= 11 is 0. The quantitative estimate of drug-likeness (QED) is 0.101. The van der Waals surface area contributed by atoms with Crippen LogP contribution in [0.1, 0.15) is 11.1 Å². The molecule has 0 saturated heterocycles. The van der Waals surface area contributed by atoms with Crippen LogP contribution in [0.5, 0.6) is 0 Å². The average molecular weight is 1120 g/mol. The molecule has 0 spiro atoms. The van der Waals surface area contributed by atoms with Crippen LogP contribution in [-0.2, 0) is 0 Å². The van der Waals surface area contributed by atoms with Gasteiger partial charge in [0.05, 0.1) is 0 Å². The summed E-state index contributed by atoms with van der Waals surface area (Å²) in [5.41, 5.74) is 28.7. The molecule has 0 nitrogen and oxygen atoms in total. The van der Waals surface area contributed by atoms with E-state index in [9.17, 15) is 0 Å². The summed E-state index contributed by atoms with van der Waals surface area (Å²) in [6.07, 6.45) is 4.48. The number of hydrogen-bond donors (Lipinski definition) is 0. The lowest BCUT2D eigenvalue weighted by atomic mass is 9.78. The van der Waals surface area contributed by atoms with Gasteiger partial charge in [0, 0.05) is 0 Å². The molecule has 88 heavy (non-hydrogen) atoms. The largest absolute Gasteiger partial charge is 0.0622 e. The van der Waals surface area contributed by atoms with Crippen molar-refractivity contribution in [2.75, 3.05) is 0 Å². The molecule has 412 valence electrons. The van der Waals surface area contributed by atoms with E-state index in [-0.39, 0.29) is 0 Å². The highest BCUT2D eigenvalue weighted by Gasteiger charge is 2.26. The Hall–Kier alpha value is -11.4. The van der Waals surface area contributed by atoms with Gasteiger partial charge in [-0.1, -0.05) is 328 Å². The van der Waals surface area contributed by atoms with Crippen molar-refractivity contribution < 1.29 is 0 Å². The molecule has 0 fully saturated rings. The van der Waals surface area contributed by atoms with Crippen LogP contribution in [0.25, 0.3) is 156 Å². The number of rotatable bonds is 13. The molecule has 0 aliphatic heterocycles. The third kappa shape index (κ3) is 10.5. The molecule has 0 aliphatic rings. The van der Waals surface area contributed by atoms with E-state index in [1.54, 1.807) is 0 Å². The maximum absolute atomic E-state index is 2.43. The minimum atomic E-state index is 1.16. The molecule has 0 heterocycles. The maximum Gasteiger partial charge on any atom is -0.00143 e. The van der Waals surface area contributed by atoms with E-state index >= 15 is 0 Å². The van der Waals surface area contributed by atoms with Crippen LogP contribution in [0, 0.1) is 0 Å². The Balaban J connectivity index is 0.749. The van der Waals surface area contributed by atoms with Gasteiger partial charge < -0.3 is 0 Å². The fourth-order valence-corrected chi connectivity index (χ4v) is 13.0. The fourth-order valence-electron chi connectivity index (χ4n) is 13.0. The molecular weight excluding hydrogens is 1060 g/mol. The zero-order chi connectivity index (χ0) is 58.6. The van der Waals surface area contributed by atoms with E-state index in [2.05, 4.69) is 364 Å². The third-order valence-electron chi connectivity index (χ3n) is 17.2. The Morgan fingerprint density at radius 1 is 0.136 bits per heavy atom. The highest BCUT2D eigenvalue weighted by molar-refractivity contribution is 6.10. The van der Waals surface area contributed by atoms with Gasteiger partial charge in [-0.25, -0.2) is 0 Å². The number of fused-ring (bicyclic) bond motifs is 2. The summed E-state index contributed by atoms with van der Waals surface area (Å²) < 4.78 is 0. The van der Waals surface area contributed by atoms with Crippen molar-refractivity contribution in [3.8, 4) is 122 Å². The molecule has 0 heteroatoms. The fraction of sp³-hybridized carbons (Fsp3) is 0. The second-order valence-corrected chi connectivity index (χ2v) is 22.7. The summed E-state index contributed by atoms with van der Waals surface area (Å²) in [5.74, 6) is 0. The smallest absolute Gasteiger partial charge is 0.00143 e. The Morgan fingerprint density at radius 3 is 0.705 bits per heavy atom. The third-order valence-corrected chi connectivity index (χ3v) is 17.2. The molecule has 15 aromatic rings. The first-order valence-corrected chi connectivity index (χ1v) is 30.4. The van der Waals surface area contributed by atoms with Gasteiger partial charge in [0.2, 0.25) is 0 Å². The Kier molecular flexibility index (Phi) is 14.5. The van der Waals surface area contributed by atoms with Crippen LogP contribution in [0.15, 0.2) is 352 Å². The second-order valence-electron chi connectivity index (χ2n) is 22.7. The molecular formula is C88H60. The first kappa shape index (κ1) is 53.3. The van der Waals surface area contributed by atoms with Gasteiger partial charge in [-0.2, -0.15) is 0 Å². The topological polar surface area (TPSA) is 0 Å². The predicted molar refractivity (Wildman–Crippen MR) is 377 cm³/mol. The molecule has 0 unspecified atom stereocenters. The predicted octanol–water partition coefficient (Wildman–Crippen LogP) is 24.5. The lowest BCUT2D eigenvalue weighted by molar-refractivity contribution is 1.52. The Bertz CT molecular complexity index is 4980. The van der Waals surface area contributed by atoms with Crippen LogP contribution in [0.3, 0.4) is 0 Å². The van der Waals surface area contributed by atoms with Crippen LogP contribution in [0.4, 0.5) is 0 Å². The van der Waals surface area contributed by atoms with E-state index in [0.29, 0.717) is 0 Å². The van der Waals surface area contributed by atoms with Gasteiger partial charge in [-0.3, -0.25) is 0 Å². The Labute approximate surface area is 516 Å². The van der Waals surface area contributed by atoms with Gasteiger partial charge in [-0.15, -0.1) is 0 Å². The highest BCUT2D eigenvalue weighted by atomic mass is 14.3. The van der Waals surface area contributed by atoms with Crippen molar-refractivity contribution in [3.05, 3.63) is 363 Å². The summed E-state index contributed by atoms with van der Waals surface area (Å²) in [5, 5.41) is 4.81. The summed E-state index contributed by atoms with van der Waals surface area (Å²) in [6, 6.07) is 129. The Morgan fingerprint density at radius 2 is 0.364 bits per heavy atom. The van der Waals surface area contributed by atoms with Gasteiger partial charge >= 0.3 is 0 Å². The van der Waals surface area contributed by atoms with Crippen molar-refractivity contribution in [2.24, 2.45) is 0 Å². The summed E-state index contributed by atoms with van der Waals surface area (Å²) in [4.78, 5) is 0. The molecule has 0 atom stereocenters. The maximum atomic E-state index is 2.43. The zero-order valence-electron chi connectivity index (χ0n) is 48.6. The lowest BCUT2D eigenvalue weighted by Crippen LogP contribution is -1.98. The van der Waals surface area contributed by atoms with Gasteiger partial charge in [0.25, 0.3) is 0 Å². The van der Waals surface area contributed by atoms with Crippen molar-refractivity contribution >= 4 is 33.7 Å². The zero-order valence-corrected chi connectivity index (χ0v) is 48.6. The van der Waals surface area contributed by atoms with Crippen molar-refractivity contribution in [1.82, 2.24) is 0 Å². The van der Waals surface area contributed by atoms with E-state index in [1.165, 1.54) is 144 Å². The molecule has 0 aromatic heterocycles. The molecule has 0 aliphatic carbocycles. The number of hydrogen-bond acceptors (Lipinski definition) is 0. The standard InChI is InChI=1S/C88H60/c1-9-25-64(26-10-1)79-59-81(85(69-33-17-5-18-34-69)87(71-37-21-7-22-38-71)83(79)67-29-13-3-14-30-67)66-49-47-63(48-50-66)75-52-51-73-55-61(43-45-76(73)57-75)41-42-62-44-46-77-58-78(54-53-74(77)56-62)82-60-80(65-27-11-2-12-28-65)84(68-31-15-4-16-32-68)88(72-39-23-8-24-40-72)86(82)70-35-19-6-20-36-70/h1-60H. The van der Waals surface area contributed by atoms with E-state index < -0.39 is 0 Å². The van der Waals surface area contributed by atoms with Crippen LogP contribution < -0.4 is 0 Å². The SMILES string of the molecule is C(=Cc1ccc2cc(-c3cc(-c4ccccc4)c(-c4ccccc4)c(-c4ccccc4)c3-c3ccccc3)ccc2c1)c1ccc2cc(-c3ccc(-c4cc(-c5ccccc5)c(-c5ccccc5)c(-c5ccccc5)c4-c4ccccc4)cc3)ccc2c1. The molecule has 0 N–H and O–H groups in total. The van der Waals surface area contributed by atoms with Crippen molar-refractivity contribution in [1.29, 1.82) is 0 Å². The van der Waals surface area contributed by atoms with Gasteiger partial charge in [0.1, 0.15) is 0 Å². The van der Waals surface area contributed by atoms with Crippen LogP contribution >= 0.6 is 0 Å². The second kappa shape index (κ2) is 23.9. The van der Waals surface area contributed by atoms with Crippen molar-refractivity contribution in [3.63, 3.8) is 0 Å². The average Bonchev–Trinajstić information content (AvgIpc) is 0.922. The number of benzene rings is 15. The van der Waals surface area contributed by atoms with Crippen LogP contribution in [-0.4, -0.2) is 0 Å². The minimum absolute atomic E-state index is 1.16. The molecule has 0 saturated carbocycles. The summed E-state index contributed by atoms with van der Waals surface area (Å²) in [6.45, 7) is 0. The van der Waals surface area contributed by atoms with Gasteiger partial charge in [0.15, 0.2) is 0 Å². The first-order chi connectivity index (χ1) is 43.6. The molecule has 0 bridgehead atoms. The normalized spacial score (nSPS) is 11.4. The first-order valence-electron chi connectivity index (χ1n) is 30.4. The van der Waals surface area contributed by atoms with Crippen LogP contribution in [0.2, 0.25) is 0 Å². The van der Waals surface area contributed by atoms with Gasteiger partial charge in [-0.05, 0) is 191 Å². The van der Waals surface area contributed by atoms with E-state index in [0.717, 1.165) is 11.1 Å². The molecule has 15 aromatic carbocycles. The minimum Gasteiger partial charge on any atom is -0.0622 e. The van der Waals surface area contributed by atoms with Crippen molar-refractivity contribution in [2.45, 2.75) is 0 Å². The molecule has 0 amide bonds.